The minimum atomic E-state index is -0.381. The molecule has 0 fully saturated rings. The van der Waals surface area contributed by atoms with E-state index >= 15 is 0 Å². The summed E-state index contributed by atoms with van der Waals surface area (Å²) in [6.07, 6.45) is 5.11. The molecule has 0 aliphatic carbocycles. The van der Waals surface area contributed by atoms with Crippen LogP contribution >= 0.6 is 0 Å². The van der Waals surface area contributed by atoms with Crippen molar-refractivity contribution in [3.63, 3.8) is 0 Å². The van der Waals surface area contributed by atoms with E-state index in [1.54, 1.807) is 37.3 Å². The minimum Gasteiger partial charge on any atom is -0.485 e. The van der Waals surface area contributed by atoms with Gasteiger partial charge in [0.15, 0.2) is 0 Å². The summed E-state index contributed by atoms with van der Waals surface area (Å²) in [6, 6.07) is 14.3. The Bertz CT molecular complexity index is 897. The fourth-order valence-electron chi connectivity index (χ4n) is 2.71. The first-order chi connectivity index (χ1) is 13.1. The smallest absolute Gasteiger partial charge is 0.338 e. The maximum Gasteiger partial charge on any atom is 0.338 e. The highest BCUT2D eigenvalue weighted by molar-refractivity contribution is 6.00. The molecule has 0 aromatic heterocycles. The van der Waals surface area contributed by atoms with Gasteiger partial charge >= 0.3 is 5.97 Å². The van der Waals surface area contributed by atoms with E-state index in [2.05, 4.69) is 5.32 Å². The van der Waals surface area contributed by atoms with Gasteiger partial charge in [0.1, 0.15) is 11.9 Å². The summed E-state index contributed by atoms with van der Waals surface area (Å²) in [6.45, 7) is 4.02. The molecular weight excluding hydrogens is 342 g/mol. The second kappa shape index (κ2) is 8.36. The third-order valence-corrected chi connectivity index (χ3v) is 4.11. The number of hydrogen-bond acceptors (Lipinski definition) is 4. The van der Waals surface area contributed by atoms with Gasteiger partial charge in [-0.2, -0.15) is 0 Å². The predicted molar refractivity (Wildman–Crippen MR) is 105 cm³/mol. The summed E-state index contributed by atoms with van der Waals surface area (Å²) in [7, 11) is 0. The van der Waals surface area contributed by atoms with Crippen molar-refractivity contribution in [2.24, 2.45) is 0 Å². The molecule has 0 saturated heterocycles. The number of amides is 1. The quantitative estimate of drug-likeness (QED) is 0.638. The summed E-state index contributed by atoms with van der Waals surface area (Å²) in [5.74, 6) is 0.202. The molecule has 1 aliphatic heterocycles. The van der Waals surface area contributed by atoms with Crippen molar-refractivity contribution in [1.29, 1.82) is 0 Å². The SMILES string of the molecule is CCOC(=O)c1ccc(NC(=O)C=CC2=Cc3ccccc3OC2C)cc1. The molecule has 5 nitrogen and oxygen atoms in total. The average molecular weight is 363 g/mol. The van der Waals surface area contributed by atoms with Gasteiger partial charge in [-0.25, -0.2) is 4.79 Å². The molecule has 0 spiro atoms. The van der Waals surface area contributed by atoms with E-state index in [1.807, 2.05) is 37.3 Å². The number of fused-ring (bicyclic) bond motifs is 1. The van der Waals surface area contributed by atoms with Crippen LogP contribution in [0.2, 0.25) is 0 Å². The second-order valence-electron chi connectivity index (χ2n) is 6.06. The Morgan fingerprint density at radius 2 is 1.89 bits per heavy atom. The van der Waals surface area contributed by atoms with Crippen LogP contribution in [0.15, 0.2) is 66.3 Å². The molecule has 2 aromatic carbocycles. The van der Waals surface area contributed by atoms with Crippen LogP contribution in [0.4, 0.5) is 5.69 Å². The Labute approximate surface area is 158 Å². The Balaban J connectivity index is 1.64. The highest BCUT2D eigenvalue weighted by Gasteiger charge is 2.16. The van der Waals surface area contributed by atoms with E-state index in [9.17, 15) is 9.59 Å². The van der Waals surface area contributed by atoms with Gasteiger partial charge in [-0.15, -0.1) is 0 Å². The van der Waals surface area contributed by atoms with E-state index in [0.29, 0.717) is 17.9 Å². The van der Waals surface area contributed by atoms with Crippen LogP contribution < -0.4 is 10.1 Å². The van der Waals surface area contributed by atoms with Crippen molar-refractivity contribution in [3.8, 4) is 5.75 Å². The van der Waals surface area contributed by atoms with Crippen molar-refractivity contribution < 1.29 is 19.1 Å². The molecule has 1 aliphatic rings. The zero-order valence-corrected chi connectivity index (χ0v) is 15.3. The van der Waals surface area contributed by atoms with Crippen LogP contribution in [0.1, 0.15) is 29.8 Å². The molecule has 138 valence electrons. The number of carbonyl (C=O) groups excluding carboxylic acids is 2. The Morgan fingerprint density at radius 1 is 1.15 bits per heavy atom. The molecule has 1 amide bonds. The topological polar surface area (TPSA) is 64.6 Å². The first kappa shape index (κ1) is 18.5. The Morgan fingerprint density at radius 3 is 2.63 bits per heavy atom. The van der Waals surface area contributed by atoms with Gasteiger partial charge in [0.2, 0.25) is 5.91 Å². The van der Waals surface area contributed by atoms with Gasteiger partial charge in [0.05, 0.1) is 12.2 Å². The van der Waals surface area contributed by atoms with E-state index < -0.39 is 0 Å². The third-order valence-electron chi connectivity index (χ3n) is 4.11. The van der Waals surface area contributed by atoms with E-state index in [-0.39, 0.29) is 18.0 Å². The van der Waals surface area contributed by atoms with Gasteiger partial charge in [-0.05, 0) is 61.9 Å². The highest BCUT2D eigenvalue weighted by atomic mass is 16.5. The van der Waals surface area contributed by atoms with Crippen LogP contribution in [0, 0.1) is 0 Å². The van der Waals surface area contributed by atoms with Crippen molar-refractivity contribution in [1.82, 2.24) is 0 Å². The first-order valence-electron chi connectivity index (χ1n) is 8.80. The van der Waals surface area contributed by atoms with E-state index in [1.165, 1.54) is 6.08 Å². The number of rotatable bonds is 5. The fourth-order valence-corrected chi connectivity index (χ4v) is 2.71. The minimum absolute atomic E-state index is 0.132. The molecule has 0 saturated carbocycles. The molecule has 2 aromatic rings. The number of anilines is 1. The lowest BCUT2D eigenvalue weighted by atomic mass is 10.0. The predicted octanol–water partition coefficient (Wildman–Crippen LogP) is 4.22. The Kier molecular flexibility index (Phi) is 5.71. The van der Waals surface area contributed by atoms with Crippen LogP contribution in [0.3, 0.4) is 0 Å². The third kappa shape index (κ3) is 4.64. The van der Waals surface area contributed by atoms with Gasteiger partial charge < -0.3 is 14.8 Å². The van der Waals surface area contributed by atoms with Crippen LogP contribution in [-0.2, 0) is 9.53 Å². The van der Waals surface area contributed by atoms with Gasteiger partial charge in [0, 0.05) is 17.3 Å². The van der Waals surface area contributed by atoms with Crippen LogP contribution in [-0.4, -0.2) is 24.6 Å². The fraction of sp³-hybridized carbons (Fsp3) is 0.182. The van der Waals surface area contributed by atoms with Crippen LogP contribution in [0.25, 0.3) is 6.08 Å². The maximum absolute atomic E-state index is 12.2. The van der Waals surface area contributed by atoms with Crippen molar-refractivity contribution in [2.75, 3.05) is 11.9 Å². The molecule has 3 rings (SSSR count). The van der Waals surface area contributed by atoms with E-state index in [4.69, 9.17) is 9.47 Å². The summed E-state index contributed by atoms with van der Waals surface area (Å²) in [4.78, 5) is 23.8. The second-order valence-corrected chi connectivity index (χ2v) is 6.06. The number of benzene rings is 2. The van der Waals surface area contributed by atoms with Crippen molar-refractivity contribution in [3.05, 3.63) is 77.4 Å². The van der Waals surface area contributed by atoms with E-state index in [0.717, 1.165) is 16.9 Å². The molecule has 0 radical (unpaired) electrons. The molecule has 1 heterocycles. The number of ether oxygens (including phenoxy) is 2. The number of carbonyl (C=O) groups is 2. The lowest BCUT2D eigenvalue weighted by molar-refractivity contribution is -0.111. The molecule has 0 bridgehead atoms. The van der Waals surface area contributed by atoms with Crippen molar-refractivity contribution in [2.45, 2.75) is 20.0 Å². The monoisotopic (exact) mass is 363 g/mol. The lowest BCUT2D eigenvalue weighted by Crippen LogP contribution is -2.18. The zero-order chi connectivity index (χ0) is 19.2. The lowest BCUT2D eigenvalue weighted by Gasteiger charge is -2.22. The molecule has 1 N–H and O–H groups in total. The normalized spacial score (nSPS) is 15.5. The van der Waals surface area contributed by atoms with Gasteiger partial charge in [-0.3, -0.25) is 4.79 Å². The molecule has 5 heteroatoms. The highest BCUT2D eigenvalue weighted by Crippen LogP contribution is 2.29. The number of nitrogens with one attached hydrogen (secondary N) is 1. The first-order valence-corrected chi connectivity index (χ1v) is 8.80. The summed E-state index contributed by atoms with van der Waals surface area (Å²) in [5, 5.41) is 2.77. The zero-order valence-electron chi connectivity index (χ0n) is 15.3. The summed E-state index contributed by atoms with van der Waals surface area (Å²) in [5.41, 5.74) is 2.96. The largest absolute Gasteiger partial charge is 0.485 e. The molecular formula is C22H21NO4. The summed E-state index contributed by atoms with van der Waals surface area (Å²) < 4.78 is 10.8. The van der Waals surface area contributed by atoms with Gasteiger partial charge in [0.25, 0.3) is 0 Å². The van der Waals surface area contributed by atoms with Crippen molar-refractivity contribution >= 4 is 23.6 Å². The number of para-hydroxylation sites is 1. The molecule has 1 atom stereocenters. The average Bonchev–Trinajstić information content (AvgIpc) is 2.67. The maximum atomic E-state index is 12.2. The standard InChI is InChI=1S/C22H21NO4/c1-3-26-22(25)16-8-11-19(12-9-16)23-21(24)13-10-17-14-18-6-4-5-7-20(18)27-15(17)2/h4-15H,3H2,1-2H3,(H,23,24). The molecule has 27 heavy (non-hydrogen) atoms. The van der Waals surface area contributed by atoms with Gasteiger partial charge in [-0.1, -0.05) is 18.2 Å². The number of hydrogen-bond donors (Lipinski definition) is 1. The number of esters is 1. The summed E-state index contributed by atoms with van der Waals surface area (Å²) >= 11 is 0. The molecule has 1 unspecified atom stereocenters. The Hall–Kier alpha value is -3.34. The van der Waals surface area contributed by atoms with Crippen LogP contribution in [0.5, 0.6) is 5.75 Å².